The topological polar surface area (TPSA) is 0 Å². The summed E-state index contributed by atoms with van der Waals surface area (Å²) < 4.78 is 0.945. The Morgan fingerprint density at radius 1 is 0.727 bits per heavy atom. The quantitative estimate of drug-likeness (QED) is 0.715. The molecular formula is C8H18S2Te. The van der Waals surface area contributed by atoms with E-state index in [0.717, 1.165) is 0 Å². The van der Waals surface area contributed by atoms with Crippen LogP contribution in [-0.2, 0) is 0 Å². The predicted molar refractivity (Wildman–Crippen MR) is 60.4 cm³/mol. The van der Waals surface area contributed by atoms with Crippen molar-refractivity contribution in [2.75, 3.05) is 0 Å². The molecule has 0 aromatic rings. The van der Waals surface area contributed by atoms with Crippen molar-refractivity contribution in [3.63, 3.8) is 0 Å². The molecule has 0 bridgehead atoms. The van der Waals surface area contributed by atoms with Crippen LogP contribution < -0.4 is 0 Å². The van der Waals surface area contributed by atoms with Crippen molar-refractivity contribution < 1.29 is 0 Å². The van der Waals surface area contributed by atoms with Crippen molar-refractivity contribution in [3.8, 4) is 0 Å². The molecule has 11 heavy (non-hydrogen) atoms. The van der Waals surface area contributed by atoms with E-state index in [4.69, 9.17) is 0 Å². The third kappa shape index (κ3) is 11.5. The van der Waals surface area contributed by atoms with Gasteiger partial charge >= 0.3 is 87.2 Å². The van der Waals surface area contributed by atoms with Crippen LogP contribution in [0.4, 0.5) is 0 Å². The molecule has 68 valence electrons. The van der Waals surface area contributed by atoms with Gasteiger partial charge in [0.15, 0.2) is 0 Å². The summed E-state index contributed by atoms with van der Waals surface area (Å²) >= 11 is 0.111. The maximum atomic E-state index is 2.30. The van der Waals surface area contributed by atoms with Crippen LogP contribution in [0.25, 0.3) is 0 Å². The Bertz CT molecular complexity index is 96.2. The summed E-state index contributed by atoms with van der Waals surface area (Å²) in [6.45, 7) is 13.8. The van der Waals surface area contributed by atoms with E-state index in [1.807, 2.05) is 0 Å². The second-order valence-electron chi connectivity index (χ2n) is 4.46. The van der Waals surface area contributed by atoms with Gasteiger partial charge < -0.3 is 0 Å². The monoisotopic (exact) mass is 308 g/mol. The molecule has 0 rings (SSSR count). The van der Waals surface area contributed by atoms with E-state index in [-0.39, 0.29) is 18.2 Å². The Morgan fingerprint density at radius 2 is 1.00 bits per heavy atom. The van der Waals surface area contributed by atoms with Gasteiger partial charge in [-0.2, -0.15) is 0 Å². The molecule has 0 nitrogen and oxygen atoms in total. The molecule has 0 aromatic heterocycles. The van der Waals surface area contributed by atoms with E-state index in [9.17, 15) is 0 Å². The minimum absolute atomic E-state index is 0.111. The number of hydrogen-bond donors (Lipinski definition) is 0. The molecule has 0 unspecified atom stereocenters. The third-order valence-electron chi connectivity index (χ3n) is 0.568. The van der Waals surface area contributed by atoms with Crippen LogP contribution in [0, 0.1) is 0 Å². The van der Waals surface area contributed by atoms with E-state index in [1.165, 1.54) is 0 Å². The molecule has 0 fully saturated rings. The first-order chi connectivity index (χ1) is 4.71. The Labute approximate surface area is 86.7 Å². The molecule has 0 aromatic carbocycles. The van der Waals surface area contributed by atoms with Crippen molar-refractivity contribution >= 4 is 36.2 Å². The van der Waals surface area contributed by atoms with Crippen molar-refractivity contribution in [1.29, 1.82) is 0 Å². The standard InChI is InChI=1S/C8H18S2Te/c1-7(2,3)9-11-10-8(4,5)6/h1-6H3. The first-order valence-corrected chi connectivity index (χ1v) is 10.9. The zero-order valence-electron chi connectivity index (χ0n) is 8.22. The number of hydrogen-bond acceptors (Lipinski definition) is 2. The molecule has 0 aliphatic carbocycles. The van der Waals surface area contributed by atoms with E-state index in [2.05, 4.69) is 59.5 Å². The summed E-state index contributed by atoms with van der Waals surface area (Å²) in [5.74, 6) is 0. The molecule has 0 radical (unpaired) electrons. The average molecular weight is 306 g/mol. The second kappa shape index (κ2) is 4.65. The van der Waals surface area contributed by atoms with Gasteiger partial charge in [0.05, 0.1) is 0 Å². The van der Waals surface area contributed by atoms with Crippen LogP contribution in [0.15, 0.2) is 0 Å². The van der Waals surface area contributed by atoms with E-state index >= 15 is 0 Å². The molecule has 3 heteroatoms. The Kier molecular flexibility index (Phi) is 5.28. The van der Waals surface area contributed by atoms with Crippen LogP contribution in [0.3, 0.4) is 0 Å². The van der Waals surface area contributed by atoms with E-state index in [0.29, 0.717) is 9.49 Å². The van der Waals surface area contributed by atoms with Gasteiger partial charge in [0.2, 0.25) is 0 Å². The Morgan fingerprint density at radius 3 is 1.18 bits per heavy atom. The normalized spacial score (nSPS) is 13.6. The van der Waals surface area contributed by atoms with Gasteiger partial charge in [0, 0.05) is 0 Å². The van der Waals surface area contributed by atoms with Crippen molar-refractivity contribution in [1.82, 2.24) is 0 Å². The predicted octanol–water partition coefficient (Wildman–Crippen LogP) is 3.58. The molecule has 0 heterocycles. The first kappa shape index (κ1) is 12.5. The molecule has 0 aliphatic rings. The molecule has 0 saturated heterocycles. The summed E-state index contributed by atoms with van der Waals surface area (Å²) in [6, 6.07) is 0. The van der Waals surface area contributed by atoms with Gasteiger partial charge in [-0.15, -0.1) is 0 Å². The summed E-state index contributed by atoms with van der Waals surface area (Å²) in [5.41, 5.74) is 0. The summed E-state index contributed by atoms with van der Waals surface area (Å²) in [5, 5.41) is 0. The van der Waals surface area contributed by atoms with Crippen molar-refractivity contribution in [3.05, 3.63) is 0 Å². The van der Waals surface area contributed by atoms with Crippen LogP contribution in [0.5, 0.6) is 0 Å². The minimum atomic E-state index is 0.111. The van der Waals surface area contributed by atoms with E-state index < -0.39 is 0 Å². The van der Waals surface area contributed by atoms with E-state index in [1.54, 1.807) is 0 Å². The fraction of sp³-hybridized carbons (Fsp3) is 1.00. The molecule has 0 saturated carbocycles. The molecule has 0 N–H and O–H groups in total. The van der Waals surface area contributed by atoms with Gasteiger partial charge in [-0.3, -0.25) is 0 Å². The first-order valence-electron chi connectivity index (χ1n) is 3.74. The van der Waals surface area contributed by atoms with Gasteiger partial charge in [-0.1, -0.05) is 0 Å². The van der Waals surface area contributed by atoms with Crippen LogP contribution in [0.1, 0.15) is 41.5 Å². The average Bonchev–Trinajstić information content (AvgIpc) is 1.55. The molecule has 0 spiro atoms. The van der Waals surface area contributed by atoms with Crippen LogP contribution in [-0.4, -0.2) is 27.7 Å². The maximum absolute atomic E-state index is 2.30. The second-order valence-corrected chi connectivity index (χ2v) is 14.1. The molecule has 0 atom stereocenters. The van der Waals surface area contributed by atoms with Gasteiger partial charge in [0.1, 0.15) is 0 Å². The van der Waals surface area contributed by atoms with Crippen LogP contribution >= 0.6 is 18.0 Å². The Hall–Kier alpha value is 1.49. The van der Waals surface area contributed by atoms with Crippen LogP contribution in [0.2, 0.25) is 0 Å². The summed E-state index contributed by atoms with van der Waals surface area (Å²) in [4.78, 5) is 0. The zero-order chi connectivity index (χ0) is 9.12. The van der Waals surface area contributed by atoms with Crippen molar-refractivity contribution in [2.45, 2.75) is 51.0 Å². The molecular weight excluding hydrogens is 288 g/mol. The van der Waals surface area contributed by atoms with Crippen molar-refractivity contribution in [2.24, 2.45) is 0 Å². The van der Waals surface area contributed by atoms with Gasteiger partial charge in [-0.05, 0) is 0 Å². The summed E-state index contributed by atoms with van der Waals surface area (Å²) in [6.07, 6.45) is 0. The van der Waals surface area contributed by atoms with Gasteiger partial charge in [-0.25, -0.2) is 0 Å². The van der Waals surface area contributed by atoms with Gasteiger partial charge in [0.25, 0.3) is 0 Å². The Balaban J connectivity index is 3.44. The fourth-order valence-corrected chi connectivity index (χ4v) is 13.4. The third-order valence-corrected chi connectivity index (χ3v) is 14.2. The number of rotatable bonds is 2. The molecule has 0 aliphatic heterocycles. The zero-order valence-corrected chi connectivity index (χ0v) is 12.2. The molecule has 0 amide bonds. The fourth-order valence-electron chi connectivity index (χ4n) is 0.221. The SMILES string of the molecule is CC(C)(C)S[Te]SC(C)(C)C. The summed E-state index contributed by atoms with van der Waals surface area (Å²) in [7, 11) is 4.31.